The molecule has 0 radical (unpaired) electrons. The van der Waals surface area contributed by atoms with Crippen molar-refractivity contribution in [1.29, 1.82) is 0 Å². The van der Waals surface area contributed by atoms with Crippen LogP contribution in [0.25, 0.3) is 0 Å². The minimum absolute atomic E-state index is 0.0486. The van der Waals surface area contributed by atoms with Crippen LogP contribution in [0.5, 0.6) is 0 Å². The summed E-state index contributed by atoms with van der Waals surface area (Å²) in [5, 5.41) is 2.64. The summed E-state index contributed by atoms with van der Waals surface area (Å²) in [6.07, 6.45) is 1.09. The molecule has 88 valence electrons. The van der Waals surface area contributed by atoms with E-state index in [2.05, 4.69) is 11.9 Å². The minimum Gasteiger partial charge on any atom is -0.337 e. The third-order valence-electron chi connectivity index (χ3n) is 2.84. The second-order valence-corrected chi connectivity index (χ2v) is 5.39. The molecular weight excluding hydrogens is 222 g/mol. The Morgan fingerprint density at radius 2 is 2.50 bits per heavy atom. The van der Waals surface area contributed by atoms with E-state index in [0.717, 1.165) is 24.5 Å². The second kappa shape index (κ2) is 4.51. The molecule has 1 amide bonds. The minimum atomic E-state index is -0.0935. The van der Waals surface area contributed by atoms with Gasteiger partial charge in [-0.15, -0.1) is 11.3 Å². The van der Waals surface area contributed by atoms with Crippen molar-refractivity contribution in [2.75, 3.05) is 13.1 Å². The molecule has 1 aromatic rings. The Bertz CT molecular complexity index is 388. The van der Waals surface area contributed by atoms with Gasteiger partial charge in [-0.05, 0) is 19.3 Å². The van der Waals surface area contributed by atoms with Gasteiger partial charge in [-0.25, -0.2) is 4.98 Å². The van der Waals surface area contributed by atoms with E-state index in [1.807, 2.05) is 17.2 Å². The summed E-state index contributed by atoms with van der Waals surface area (Å²) in [7, 11) is 0. The quantitative estimate of drug-likeness (QED) is 0.853. The molecule has 1 aliphatic rings. The zero-order chi connectivity index (χ0) is 11.7. The molecule has 4 nitrogen and oxygen atoms in total. The van der Waals surface area contributed by atoms with Gasteiger partial charge in [0.2, 0.25) is 0 Å². The van der Waals surface area contributed by atoms with Crippen molar-refractivity contribution in [3.8, 4) is 0 Å². The molecule has 2 heterocycles. The lowest BCUT2D eigenvalue weighted by atomic mass is 10.2. The zero-order valence-electron chi connectivity index (χ0n) is 9.64. The number of amides is 1. The number of nitrogens with zero attached hydrogens (tertiary/aromatic N) is 2. The van der Waals surface area contributed by atoms with Crippen LogP contribution in [0.1, 0.15) is 41.8 Å². The molecule has 2 unspecified atom stereocenters. The van der Waals surface area contributed by atoms with E-state index in [0.29, 0.717) is 11.6 Å². The number of likely N-dealkylation sites (tertiary alicyclic amines) is 1. The number of carbonyl (C=O) groups excluding carboxylic acids is 1. The summed E-state index contributed by atoms with van der Waals surface area (Å²) in [5.74, 6) is 0.656. The average molecular weight is 239 g/mol. The lowest BCUT2D eigenvalue weighted by Gasteiger charge is -2.13. The van der Waals surface area contributed by atoms with E-state index in [1.54, 1.807) is 0 Å². The van der Waals surface area contributed by atoms with Crippen LogP contribution in [0.3, 0.4) is 0 Å². The van der Waals surface area contributed by atoms with Gasteiger partial charge >= 0.3 is 0 Å². The van der Waals surface area contributed by atoms with Crippen LogP contribution in [-0.2, 0) is 0 Å². The number of hydrogen-bond acceptors (Lipinski definition) is 4. The van der Waals surface area contributed by atoms with E-state index in [-0.39, 0.29) is 11.9 Å². The maximum absolute atomic E-state index is 12.1. The molecule has 0 saturated carbocycles. The molecule has 5 heteroatoms. The molecule has 0 aliphatic carbocycles. The number of nitrogens with two attached hydrogens (primary N) is 1. The molecule has 0 spiro atoms. The highest BCUT2D eigenvalue weighted by atomic mass is 32.1. The first-order valence-corrected chi connectivity index (χ1v) is 6.46. The predicted molar refractivity (Wildman–Crippen MR) is 64.4 cm³/mol. The normalized spacial score (nSPS) is 22.4. The summed E-state index contributed by atoms with van der Waals surface area (Å²) < 4.78 is 0. The van der Waals surface area contributed by atoms with Gasteiger partial charge in [0, 0.05) is 18.5 Å². The Kier molecular flexibility index (Phi) is 3.25. The number of carbonyl (C=O) groups is 1. The van der Waals surface area contributed by atoms with Crippen LogP contribution in [0.4, 0.5) is 0 Å². The van der Waals surface area contributed by atoms with Crippen LogP contribution in [0.15, 0.2) is 5.38 Å². The lowest BCUT2D eigenvalue weighted by molar-refractivity contribution is 0.0783. The van der Waals surface area contributed by atoms with Crippen molar-refractivity contribution in [3.63, 3.8) is 0 Å². The summed E-state index contributed by atoms with van der Waals surface area (Å²) >= 11 is 1.46. The fourth-order valence-electron chi connectivity index (χ4n) is 1.88. The Balaban J connectivity index is 2.09. The lowest BCUT2D eigenvalue weighted by Crippen LogP contribution is -2.28. The van der Waals surface area contributed by atoms with Gasteiger partial charge < -0.3 is 10.6 Å². The molecule has 2 N–H and O–H groups in total. The van der Waals surface area contributed by atoms with E-state index >= 15 is 0 Å². The topological polar surface area (TPSA) is 59.2 Å². The standard InChI is InChI=1S/C11H17N3OS/c1-7-3-4-14(5-7)11(15)9-6-16-10(13-9)8(2)12/h6-8H,3-5,12H2,1-2H3. The van der Waals surface area contributed by atoms with Crippen molar-refractivity contribution in [1.82, 2.24) is 9.88 Å². The highest BCUT2D eigenvalue weighted by Gasteiger charge is 2.25. The maximum Gasteiger partial charge on any atom is 0.273 e. The highest BCUT2D eigenvalue weighted by Crippen LogP contribution is 2.20. The Morgan fingerprint density at radius 3 is 3.00 bits per heavy atom. The van der Waals surface area contributed by atoms with Crippen molar-refractivity contribution in [2.45, 2.75) is 26.3 Å². The molecule has 1 aliphatic heterocycles. The zero-order valence-corrected chi connectivity index (χ0v) is 10.5. The van der Waals surface area contributed by atoms with Gasteiger partial charge in [0.1, 0.15) is 10.7 Å². The molecule has 0 aromatic carbocycles. The predicted octanol–water partition coefficient (Wildman–Crippen LogP) is 1.64. The number of hydrogen-bond donors (Lipinski definition) is 1. The van der Waals surface area contributed by atoms with Crippen LogP contribution in [-0.4, -0.2) is 28.9 Å². The largest absolute Gasteiger partial charge is 0.337 e. The number of rotatable bonds is 2. The first-order valence-electron chi connectivity index (χ1n) is 5.58. The maximum atomic E-state index is 12.1. The first kappa shape index (κ1) is 11.5. The van der Waals surface area contributed by atoms with Crippen molar-refractivity contribution >= 4 is 17.2 Å². The van der Waals surface area contributed by atoms with E-state index in [1.165, 1.54) is 11.3 Å². The van der Waals surface area contributed by atoms with Gasteiger partial charge in [0.05, 0.1) is 6.04 Å². The Hall–Kier alpha value is -0.940. The van der Waals surface area contributed by atoms with Crippen molar-refractivity contribution < 1.29 is 4.79 Å². The van der Waals surface area contributed by atoms with Gasteiger partial charge in [-0.1, -0.05) is 6.92 Å². The van der Waals surface area contributed by atoms with Crippen molar-refractivity contribution in [2.24, 2.45) is 11.7 Å². The fraction of sp³-hybridized carbons (Fsp3) is 0.636. The SMILES string of the molecule is CC1CCN(C(=O)c2csc(C(C)N)n2)C1. The first-order chi connectivity index (χ1) is 7.58. The van der Waals surface area contributed by atoms with E-state index < -0.39 is 0 Å². The monoisotopic (exact) mass is 239 g/mol. The third-order valence-corrected chi connectivity index (χ3v) is 3.89. The highest BCUT2D eigenvalue weighted by molar-refractivity contribution is 7.09. The molecule has 2 rings (SSSR count). The van der Waals surface area contributed by atoms with Gasteiger partial charge in [-0.2, -0.15) is 0 Å². The second-order valence-electron chi connectivity index (χ2n) is 4.50. The average Bonchev–Trinajstić information content (AvgIpc) is 2.84. The van der Waals surface area contributed by atoms with Gasteiger partial charge in [-0.3, -0.25) is 4.79 Å². The van der Waals surface area contributed by atoms with Gasteiger partial charge in [0.15, 0.2) is 0 Å². The Labute approximate surface area is 99.5 Å². The molecule has 16 heavy (non-hydrogen) atoms. The molecular formula is C11H17N3OS. The third kappa shape index (κ3) is 2.25. The summed E-state index contributed by atoms with van der Waals surface area (Å²) in [4.78, 5) is 18.2. The Morgan fingerprint density at radius 1 is 1.75 bits per heavy atom. The van der Waals surface area contributed by atoms with Crippen molar-refractivity contribution in [3.05, 3.63) is 16.1 Å². The van der Waals surface area contributed by atoms with E-state index in [4.69, 9.17) is 5.73 Å². The van der Waals surface area contributed by atoms with Crippen LogP contribution >= 0.6 is 11.3 Å². The smallest absolute Gasteiger partial charge is 0.273 e. The summed E-state index contributed by atoms with van der Waals surface area (Å²) in [5.41, 5.74) is 6.27. The number of aromatic nitrogens is 1. The van der Waals surface area contributed by atoms with Crippen LogP contribution in [0, 0.1) is 5.92 Å². The van der Waals surface area contributed by atoms with Gasteiger partial charge in [0.25, 0.3) is 5.91 Å². The van der Waals surface area contributed by atoms with Crippen LogP contribution < -0.4 is 5.73 Å². The molecule has 1 saturated heterocycles. The molecule has 0 bridgehead atoms. The summed E-state index contributed by atoms with van der Waals surface area (Å²) in [6.45, 7) is 5.75. The van der Waals surface area contributed by atoms with E-state index in [9.17, 15) is 4.79 Å². The molecule has 1 aromatic heterocycles. The summed E-state index contributed by atoms with van der Waals surface area (Å²) in [6, 6.07) is -0.0935. The molecule has 1 fully saturated rings. The molecule has 2 atom stereocenters. The number of thiazole rings is 1. The fourth-order valence-corrected chi connectivity index (χ4v) is 2.63. The van der Waals surface area contributed by atoms with Crippen LogP contribution in [0.2, 0.25) is 0 Å².